The lowest BCUT2D eigenvalue weighted by Crippen LogP contribution is -2.41. The first-order chi connectivity index (χ1) is 7.01. The summed E-state index contributed by atoms with van der Waals surface area (Å²) in [4.78, 5) is 0. The van der Waals surface area contributed by atoms with Crippen molar-refractivity contribution in [3.05, 3.63) is 0 Å². The van der Waals surface area contributed by atoms with Gasteiger partial charge < -0.3 is 5.32 Å². The molecule has 4 nitrogen and oxygen atoms in total. The van der Waals surface area contributed by atoms with Gasteiger partial charge in [0.2, 0.25) is 10.0 Å². The topological polar surface area (TPSA) is 58.2 Å². The van der Waals surface area contributed by atoms with Crippen LogP contribution in [0.4, 0.5) is 0 Å². The van der Waals surface area contributed by atoms with E-state index in [1.54, 1.807) is 0 Å². The lowest BCUT2D eigenvalue weighted by Gasteiger charge is -2.29. The van der Waals surface area contributed by atoms with E-state index in [9.17, 15) is 8.42 Å². The van der Waals surface area contributed by atoms with Crippen LogP contribution < -0.4 is 10.0 Å². The maximum Gasteiger partial charge on any atom is 0.208 e. The highest BCUT2D eigenvalue weighted by molar-refractivity contribution is 7.88. The molecule has 0 spiro atoms. The van der Waals surface area contributed by atoms with Gasteiger partial charge in [-0.15, -0.1) is 0 Å². The van der Waals surface area contributed by atoms with Crippen molar-refractivity contribution in [3.8, 4) is 0 Å². The molecule has 90 valence electrons. The molecule has 0 unspecified atom stereocenters. The highest BCUT2D eigenvalue weighted by Crippen LogP contribution is 2.18. The Balaban J connectivity index is 2.24. The van der Waals surface area contributed by atoms with E-state index in [2.05, 4.69) is 17.0 Å². The summed E-state index contributed by atoms with van der Waals surface area (Å²) in [5, 5.41) is 3.48. The highest BCUT2D eigenvalue weighted by Gasteiger charge is 2.22. The lowest BCUT2D eigenvalue weighted by atomic mass is 9.92. The van der Waals surface area contributed by atoms with E-state index in [-0.39, 0.29) is 6.04 Å². The Labute approximate surface area is 92.9 Å². The van der Waals surface area contributed by atoms with Crippen LogP contribution in [0.15, 0.2) is 0 Å². The van der Waals surface area contributed by atoms with Crippen LogP contribution in [0.3, 0.4) is 0 Å². The summed E-state index contributed by atoms with van der Waals surface area (Å²) in [6.07, 6.45) is 6.44. The fourth-order valence-corrected chi connectivity index (χ4v) is 2.91. The fraction of sp³-hybridized carbons (Fsp3) is 1.00. The molecule has 0 aromatic carbocycles. The van der Waals surface area contributed by atoms with E-state index < -0.39 is 10.0 Å². The maximum absolute atomic E-state index is 11.0. The van der Waals surface area contributed by atoms with Crippen LogP contribution in [0.25, 0.3) is 0 Å². The van der Waals surface area contributed by atoms with Crippen molar-refractivity contribution < 1.29 is 8.42 Å². The van der Waals surface area contributed by atoms with E-state index in [4.69, 9.17) is 0 Å². The minimum absolute atomic E-state index is 0.152. The Morgan fingerprint density at radius 2 is 1.67 bits per heavy atom. The molecule has 0 heterocycles. The van der Waals surface area contributed by atoms with Gasteiger partial charge in [0.1, 0.15) is 0 Å². The molecule has 0 saturated heterocycles. The normalized spacial score (nSPS) is 27.9. The molecule has 1 fully saturated rings. The van der Waals surface area contributed by atoms with Crippen LogP contribution in [0.5, 0.6) is 0 Å². The predicted molar refractivity (Wildman–Crippen MR) is 62.3 cm³/mol. The number of hydrogen-bond donors (Lipinski definition) is 2. The second-order valence-corrected chi connectivity index (χ2v) is 6.17. The van der Waals surface area contributed by atoms with Crippen molar-refractivity contribution in [1.29, 1.82) is 0 Å². The second-order valence-electron chi connectivity index (χ2n) is 4.39. The van der Waals surface area contributed by atoms with E-state index in [1.165, 1.54) is 6.26 Å². The zero-order valence-electron chi connectivity index (χ0n) is 9.62. The van der Waals surface area contributed by atoms with Gasteiger partial charge in [0.05, 0.1) is 6.26 Å². The quantitative estimate of drug-likeness (QED) is 0.741. The maximum atomic E-state index is 11.0. The zero-order valence-corrected chi connectivity index (χ0v) is 10.4. The van der Waals surface area contributed by atoms with Crippen LogP contribution in [0.2, 0.25) is 0 Å². The molecule has 0 aromatic heterocycles. The van der Waals surface area contributed by atoms with Crippen LogP contribution in [0.1, 0.15) is 39.0 Å². The molecule has 1 saturated carbocycles. The Kier molecular flexibility index (Phi) is 5.02. The van der Waals surface area contributed by atoms with Gasteiger partial charge >= 0.3 is 0 Å². The van der Waals surface area contributed by atoms with Crippen LogP contribution >= 0.6 is 0 Å². The molecule has 0 bridgehead atoms. The summed E-state index contributed by atoms with van der Waals surface area (Å²) >= 11 is 0. The van der Waals surface area contributed by atoms with Crippen molar-refractivity contribution in [2.75, 3.05) is 12.8 Å². The van der Waals surface area contributed by atoms with Crippen LogP contribution in [-0.2, 0) is 10.0 Å². The largest absolute Gasteiger partial charge is 0.314 e. The molecule has 0 aromatic rings. The summed E-state index contributed by atoms with van der Waals surface area (Å²) in [5.41, 5.74) is 0. The molecular weight excluding hydrogens is 212 g/mol. The molecule has 1 aliphatic carbocycles. The summed E-state index contributed by atoms with van der Waals surface area (Å²) < 4.78 is 24.7. The molecule has 0 aliphatic heterocycles. The van der Waals surface area contributed by atoms with Gasteiger partial charge in [0.15, 0.2) is 0 Å². The van der Waals surface area contributed by atoms with Gasteiger partial charge in [-0.1, -0.05) is 6.92 Å². The number of nitrogens with one attached hydrogen (secondary N) is 2. The first-order valence-corrected chi connectivity index (χ1v) is 7.61. The van der Waals surface area contributed by atoms with Gasteiger partial charge in [0, 0.05) is 12.1 Å². The molecule has 15 heavy (non-hydrogen) atoms. The fourth-order valence-electron chi connectivity index (χ4n) is 2.07. The molecule has 1 rings (SSSR count). The molecule has 1 aliphatic rings. The van der Waals surface area contributed by atoms with Crippen molar-refractivity contribution in [2.24, 2.45) is 0 Å². The number of hydrogen-bond acceptors (Lipinski definition) is 3. The zero-order chi connectivity index (χ0) is 11.3. The number of rotatable bonds is 5. The Bertz CT molecular complexity index is 269. The van der Waals surface area contributed by atoms with Gasteiger partial charge in [-0.2, -0.15) is 0 Å². The minimum atomic E-state index is -3.03. The van der Waals surface area contributed by atoms with E-state index in [0.29, 0.717) is 6.04 Å². The number of sulfonamides is 1. The third kappa shape index (κ3) is 5.49. The molecular formula is C10H22N2O2S. The van der Waals surface area contributed by atoms with E-state index in [1.807, 2.05) is 0 Å². The third-order valence-electron chi connectivity index (χ3n) is 2.79. The molecule has 2 N–H and O–H groups in total. The SMILES string of the molecule is CCCNC1CCC(NS(C)(=O)=O)CC1. The van der Waals surface area contributed by atoms with Crippen molar-refractivity contribution in [2.45, 2.75) is 51.1 Å². The van der Waals surface area contributed by atoms with Gasteiger partial charge in [-0.05, 0) is 38.6 Å². The summed E-state index contributed by atoms with van der Waals surface area (Å²) in [6.45, 7) is 3.22. The second kappa shape index (κ2) is 5.82. The lowest BCUT2D eigenvalue weighted by molar-refractivity contribution is 0.330. The average Bonchev–Trinajstić information content (AvgIpc) is 2.14. The van der Waals surface area contributed by atoms with Gasteiger partial charge in [-0.25, -0.2) is 13.1 Å². The van der Waals surface area contributed by atoms with Gasteiger partial charge in [-0.3, -0.25) is 0 Å². The minimum Gasteiger partial charge on any atom is -0.314 e. The standard InChI is InChI=1S/C10H22N2O2S/c1-3-8-11-9-4-6-10(7-5-9)12-15(2,13)14/h9-12H,3-8H2,1-2H3. The molecule has 0 radical (unpaired) electrons. The Morgan fingerprint density at radius 1 is 1.13 bits per heavy atom. The molecule has 0 amide bonds. The van der Waals surface area contributed by atoms with Crippen LogP contribution in [-0.4, -0.2) is 33.3 Å². The highest BCUT2D eigenvalue weighted by atomic mass is 32.2. The first-order valence-electron chi connectivity index (χ1n) is 5.72. The summed E-state index contributed by atoms with van der Waals surface area (Å²) in [5.74, 6) is 0. The van der Waals surface area contributed by atoms with Crippen molar-refractivity contribution >= 4 is 10.0 Å². The van der Waals surface area contributed by atoms with E-state index >= 15 is 0 Å². The Morgan fingerprint density at radius 3 is 2.13 bits per heavy atom. The molecule has 0 atom stereocenters. The van der Waals surface area contributed by atoms with Gasteiger partial charge in [0.25, 0.3) is 0 Å². The summed E-state index contributed by atoms with van der Waals surface area (Å²) in [6, 6.07) is 0.738. The smallest absolute Gasteiger partial charge is 0.208 e. The van der Waals surface area contributed by atoms with Crippen LogP contribution in [0, 0.1) is 0 Å². The monoisotopic (exact) mass is 234 g/mol. The first kappa shape index (κ1) is 12.9. The predicted octanol–water partition coefficient (Wildman–Crippen LogP) is 0.846. The average molecular weight is 234 g/mol. The Hall–Kier alpha value is -0.130. The third-order valence-corrected chi connectivity index (χ3v) is 3.55. The summed E-state index contributed by atoms with van der Waals surface area (Å²) in [7, 11) is -3.03. The molecule has 5 heteroatoms. The van der Waals surface area contributed by atoms with Crippen molar-refractivity contribution in [1.82, 2.24) is 10.0 Å². The van der Waals surface area contributed by atoms with E-state index in [0.717, 1.165) is 38.6 Å². The van der Waals surface area contributed by atoms with Crippen molar-refractivity contribution in [3.63, 3.8) is 0 Å².